The number of hydrogen-bond acceptors (Lipinski definition) is 6. The van der Waals surface area contributed by atoms with E-state index in [0.29, 0.717) is 5.76 Å². The quantitative estimate of drug-likeness (QED) is 0.891. The molecular formula is C10H8F2N2O5. The van der Waals surface area contributed by atoms with E-state index in [1.807, 2.05) is 0 Å². The van der Waals surface area contributed by atoms with Crippen molar-refractivity contribution in [1.82, 2.24) is 10.1 Å². The van der Waals surface area contributed by atoms with Crippen molar-refractivity contribution in [2.75, 3.05) is 7.11 Å². The van der Waals surface area contributed by atoms with Gasteiger partial charge in [0.1, 0.15) is 6.61 Å². The molecule has 0 radical (unpaired) electrons. The number of aromatic carboxylic acids is 1. The first-order chi connectivity index (χ1) is 9.02. The largest absolute Gasteiger partial charge is 0.475 e. The van der Waals surface area contributed by atoms with Crippen LogP contribution >= 0.6 is 0 Å². The fourth-order valence-electron chi connectivity index (χ4n) is 1.37. The number of rotatable bonds is 5. The molecule has 0 aliphatic rings. The van der Waals surface area contributed by atoms with E-state index >= 15 is 0 Å². The van der Waals surface area contributed by atoms with Crippen LogP contribution in [-0.4, -0.2) is 28.3 Å². The fourth-order valence-corrected chi connectivity index (χ4v) is 1.37. The zero-order valence-corrected chi connectivity index (χ0v) is 9.59. The van der Waals surface area contributed by atoms with E-state index in [2.05, 4.69) is 10.1 Å². The number of aromatic nitrogens is 2. The first kappa shape index (κ1) is 13.1. The van der Waals surface area contributed by atoms with Gasteiger partial charge in [-0.25, -0.2) is 18.6 Å². The molecule has 2 aromatic rings. The summed E-state index contributed by atoms with van der Waals surface area (Å²) in [4.78, 5) is 14.2. The van der Waals surface area contributed by atoms with Gasteiger partial charge < -0.3 is 18.8 Å². The lowest BCUT2D eigenvalue weighted by Gasteiger charge is -1.91. The number of hydrogen-bond donors (Lipinski definition) is 1. The molecule has 0 bridgehead atoms. The highest BCUT2D eigenvalue weighted by molar-refractivity contribution is 5.86. The summed E-state index contributed by atoms with van der Waals surface area (Å²) < 4.78 is 39.6. The molecule has 0 amide bonds. The predicted octanol–water partition coefficient (Wildman–Crippen LogP) is 2.11. The summed E-state index contributed by atoms with van der Waals surface area (Å²) in [6.45, 7) is 0.126. The molecule has 0 saturated carbocycles. The maximum Gasteiger partial charge on any atom is 0.374 e. The highest BCUT2D eigenvalue weighted by atomic mass is 19.3. The summed E-state index contributed by atoms with van der Waals surface area (Å²) in [6, 6.07) is 1.36. The highest BCUT2D eigenvalue weighted by Crippen LogP contribution is 2.28. The van der Waals surface area contributed by atoms with Gasteiger partial charge in [0.15, 0.2) is 17.1 Å². The molecule has 19 heavy (non-hydrogen) atoms. The number of nitrogens with zero attached hydrogens (tertiary/aromatic N) is 2. The number of methoxy groups -OCH3 is 1. The molecule has 0 unspecified atom stereocenters. The lowest BCUT2D eigenvalue weighted by Crippen LogP contribution is -1.99. The van der Waals surface area contributed by atoms with Crippen LogP contribution in [0.25, 0.3) is 11.6 Å². The number of alkyl halides is 2. The van der Waals surface area contributed by atoms with Gasteiger partial charge in [0, 0.05) is 13.2 Å². The van der Waals surface area contributed by atoms with Gasteiger partial charge in [0.05, 0.1) is 0 Å². The van der Waals surface area contributed by atoms with Crippen LogP contribution in [0.2, 0.25) is 0 Å². The summed E-state index contributed by atoms with van der Waals surface area (Å²) in [5.41, 5.74) is -0.930. The Labute approximate surface area is 104 Å². The molecule has 2 aromatic heterocycles. The summed E-state index contributed by atoms with van der Waals surface area (Å²) in [5.74, 6) is -2.57. The number of ether oxygens (including phenoxy) is 1. The lowest BCUT2D eigenvalue weighted by molar-refractivity contribution is 0.0646. The zero-order valence-electron chi connectivity index (χ0n) is 9.59. The summed E-state index contributed by atoms with van der Waals surface area (Å²) in [6.07, 6.45) is -3.06. The second-order valence-corrected chi connectivity index (χ2v) is 3.45. The second kappa shape index (κ2) is 5.14. The predicted molar refractivity (Wildman–Crippen MR) is 54.6 cm³/mol. The van der Waals surface area contributed by atoms with E-state index < -0.39 is 23.8 Å². The molecule has 2 rings (SSSR count). The summed E-state index contributed by atoms with van der Waals surface area (Å²) in [5, 5.41) is 12.3. The van der Waals surface area contributed by atoms with Gasteiger partial charge in [-0.3, -0.25) is 0 Å². The molecule has 0 aliphatic carbocycles. The van der Waals surface area contributed by atoms with E-state index in [-0.39, 0.29) is 18.2 Å². The molecular weight excluding hydrogens is 266 g/mol. The van der Waals surface area contributed by atoms with E-state index in [4.69, 9.17) is 18.8 Å². The Hall–Kier alpha value is -2.29. The second-order valence-electron chi connectivity index (χ2n) is 3.45. The molecule has 102 valence electrons. The molecule has 1 N–H and O–H groups in total. The minimum absolute atomic E-state index is 0.0152. The Morgan fingerprint density at radius 3 is 2.84 bits per heavy atom. The van der Waals surface area contributed by atoms with Gasteiger partial charge in [0.25, 0.3) is 6.43 Å². The lowest BCUT2D eigenvalue weighted by atomic mass is 10.3. The van der Waals surface area contributed by atoms with E-state index in [9.17, 15) is 13.6 Å². The van der Waals surface area contributed by atoms with Crippen LogP contribution in [0.5, 0.6) is 0 Å². The molecule has 0 fully saturated rings. The Balaban J connectivity index is 2.39. The molecule has 0 atom stereocenters. The van der Waals surface area contributed by atoms with Crippen LogP contribution < -0.4 is 0 Å². The van der Waals surface area contributed by atoms with Crippen molar-refractivity contribution in [2.24, 2.45) is 0 Å². The van der Waals surface area contributed by atoms with Crippen molar-refractivity contribution in [3.05, 3.63) is 23.3 Å². The molecule has 0 aliphatic heterocycles. The molecule has 0 spiro atoms. The normalized spacial score (nSPS) is 11.2. The first-order valence-corrected chi connectivity index (χ1v) is 5.00. The van der Waals surface area contributed by atoms with Crippen molar-refractivity contribution >= 4 is 5.97 Å². The van der Waals surface area contributed by atoms with Crippen molar-refractivity contribution in [2.45, 2.75) is 13.0 Å². The van der Waals surface area contributed by atoms with E-state index in [1.165, 1.54) is 13.2 Å². The average Bonchev–Trinajstić information content (AvgIpc) is 2.94. The summed E-state index contributed by atoms with van der Waals surface area (Å²) in [7, 11) is 1.44. The third-order valence-electron chi connectivity index (χ3n) is 2.12. The maximum absolute atomic E-state index is 12.6. The first-order valence-electron chi connectivity index (χ1n) is 5.00. The number of carbonyl (C=O) groups is 1. The standard InChI is InChI=1S/C10H8F2N2O5/c1-17-3-4-2-5(14-19-4)9-13-6(8(11)12)7(18-9)10(15)16/h2,8H,3H2,1H3,(H,15,16). The van der Waals surface area contributed by atoms with Crippen LogP contribution in [0.1, 0.15) is 28.4 Å². The van der Waals surface area contributed by atoms with Gasteiger partial charge in [0.2, 0.25) is 11.7 Å². The molecule has 2 heterocycles. The Morgan fingerprint density at radius 2 is 2.32 bits per heavy atom. The Bertz CT molecular complexity index is 593. The average molecular weight is 274 g/mol. The van der Waals surface area contributed by atoms with Gasteiger partial charge >= 0.3 is 5.97 Å². The zero-order chi connectivity index (χ0) is 14.0. The van der Waals surface area contributed by atoms with Crippen LogP contribution in [0.4, 0.5) is 8.78 Å². The van der Waals surface area contributed by atoms with Crippen LogP contribution in [0.3, 0.4) is 0 Å². The topological polar surface area (TPSA) is 98.6 Å². The van der Waals surface area contributed by atoms with Gasteiger partial charge in [-0.2, -0.15) is 0 Å². The van der Waals surface area contributed by atoms with Crippen LogP contribution in [0, 0.1) is 0 Å². The molecule has 0 saturated heterocycles. The fraction of sp³-hybridized carbons (Fsp3) is 0.300. The van der Waals surface area contributed by atoms with Crippen molar-refractivity contribution < 1.29 is 32.4 Å². The number of carboxylic acids is 1. The minimum atomic E-state index is -3.06. The number of halogens is 2. The smallest absolute Gasteiger partial charge is 0.374 e. The number of carboxylic acid groups (broad SMARTS) is 1. The third-order valence-corrected chi connectivity index (χ3v) is 2.12. The maximum atomic E-state index is 12.6. The highest BCUT2D eigenvalue weighted by Gasteiger charge is 2.27. The van der Waals surface area contributed by atoms with E-state index in [1.54, 1.807) is 0 Å². The van der Waals surface area contributed by atoms with Crippen LogP contribution in [0.15, 0.2) is 15.0 Å². The molecule has 7 nitrogen and oxygen atoms in total. The molecule has 9 heteroatoms. The number of oxazole rings is 1. The SMILES string of the molecule is COCc1cc(-c2nc(C(F)F)c(C(=O)O)o2)no1. The van der Waals surface area contributed by atoms with Gasteiger partial charge in [-0.15, -0.1) is 0 Å². The van der Waals surface area contributed by atoms with Crippen LogP contribution in [-0.2, 0) is 11.3 Å². The Morgan fingerprint density at radius 1 is 1.58 bits per heavy atom. The molecule has 0 aromatic carbocycles. The monoisotopic (exact) mass is 274 g/mol. The van der Waals surface area contributed by atoms with Crippen molar-refractivity contribution in [3.8, 4) is 11.6 Å². The minimum Gasteiger partial charge on any atom is -0.475 e. The third kappa shape index (κ3) is 2.60. The van der Waals surface area contributed by atoms with Gasteiger partial charge in [-0.1, -0.05) is 5.16 Å². The van der Waals surface area contributed by atoms with Crippen molar-refractivity contribution in [1.29, 1.82) is 0 Å². The Kier molecular flexibility index (Phi) is 3.56. The van der Waals surface area contributed by atoms with Gasteiger partial charge in [-0.05, 0) is 0 Å². The van der Waals surface area contributed by atoms with E-state index in [0.717, 1.165) is 0 Å². The van der Waals surface area contributed by atoms with Crippen molar-refractivity contribution in [3.63, 3.8) is 0 Å². The summed E-state index contributed by atoms with van der Waals surface area (Å²) >= 11 is 0.